The van der Waals surface area contributed by atoms with Crippen LogP contribution in [0.1, 0.15) is 30.7 Å². The summed E-state index contributed by atoms with van der Waals surface area (Å²) in [6.07, 6.45) is 1.76. The summed E-state index contributed by atoms with van der Waals surface area (Å²) < 4.78 is 11.6. The lowest BCUT2D eigenvalue weighted by Gasteiger charge is -2.17. The number of benzene rings is 1. The molecular weight excluding hydrogens is 312 g/mol. The van der Waals surface area contributed by atoms with Crippen LogP contribution in [-0.4, -0.2) is 30.9 Å². The fraction of sp³-hybridized carbons (Fsp3) is 0.500. The van der Waals surface area contributed by atoms with E-state index in [4.69, 9.17) is 9.47 Å². The molecular formula is C14H17BrO4. The summed E-state index contributed by atoms with van der Waals surface area (Å²) in [5, 5.41) is 9.17. The number of aliphatic carboxylic acids is 1. The number of ether oxygens (including phenoxy) is 2. The van der Waals surface area contributed by atoms with E-state index in [1.54, 1.807) is 7.11 Å². The van der Waals surface area contributed by atoms with E-state index >= 15 is 0 Å². The highest BCUT2D eigenvalue weighted by atomic mass is 79.9. The number of hydrogen-bond acceptors (Lipinski definition) is 3. The van der Waals surface area contributed by atoms with Crippen LogP contribution in [0.25, 0.3) is 0 Å². The third kappa shape index (κ3) is 3.94. The lowest BCUT2D eigenvalue weighted by Crippen LogP contribution is -2.28. The highest BCUT2D eigenvalue weighted by Gasteiger charge is 2.29. The summed E-state index contributed by atoms with van der Waals surface area (Å²) in [6.45, 7) is 0.367. The number of carboxylic acids is 1. The minimum Gasteiger partial charge on any atom is -0.479 e. The third-order valence-corrected chi connectivity index (χ3v) is 3.61. The van der Waals surface area contributed by atoms with Gasteiger partial charge in [-0.2, -0.15) is 0 Å². The van der Waals surface area contributed by atoms with Crippen molar-refractivity contribution >= 4 is 21.9 Å². The summed E-state index contributed by atoms with van der Waals surface area (Å²) >= 11 is 3.44. The molecule has 4 nitrogen and oxygen atoms in total. The predicted molar refractivity (Wildman–Crippen MR) is 74.7 cm³/mol. The second-order valence-corrected chi connectivity index (χ2v) is 5.60. The van der Waals surface area contributed by atoms with Gasteiger partial charge in [-0.3, -0.25) is 0 Å². The Morgan fingerprint density at radius 2 is 2.26 bits per heavy atom. The van der Waals surface area contributed by atoms with Gasteiger partial charge in [-0.25, -0.2) is 4.79 Å². The van der Waals surface area contributed by atoms with Crippen LogP contribution >= 0.6 is 15.9 Å². The summed E-state index contributed by atoms with van der Waals surface area (Å²) in [6, 6.07) is 5.72. The lowest BCUT2D eigenvalue weighted by molar-refractivity contribution is -0.145. The third-order valence-electron chi connectivity index (χ3n) is 3.12. The van der Waals surface area contributed by atoms with Crippen molar-refractivity contribution in [3.63, 3.8) is 0 Å². The van der Waals surface area contributed by atoms with E-state index in [2.05, 4.69) is 15.9 Å². The highest BCUT2D eigenvalue weighted by molar-refractivity contribution is 9.10. The molecule has 1 N–H and O–H groups in total. The van der Waals surface area contributed by atoms with Crippen molar-refractivity contribution in [1.29, 1.82) is 0 Å². The van der Waals surface area contributed by atoms with Gasteiger partial charge in [-0.05, 0) is 42.5 Å². The molecule has 1 aliphatic carbocycles. The topological polar surface area (TPSA) is 55.8 Å². The fourth-order valence-electron chi connectivity index (χ4n) is 1.95. The SMILES string of the molecule is COCCC(Oc1ccc(Br)cc1C1CC1)C(=O)O. The second-order valence-electron chi connectivity index (χ2n) is 4.68. The average molecular weight is 329 g/mol. The molecule has 2 rings (SSSR count). The van der Waals surface area contributed by atoms with Crippen LogP contribution in [0.15, 0.2) is 22.7 Å². The summed E-state index contributed by atoms with van der Waals surface area (Å²) in [5.74, 6) is 0.222. The first-order valence-corrected chi connectivity index (χ1v) is 7.09. The molecule has 5 heteroatoms. The Hall–Kier alpha value is -1.07. The van der Waals surface area contributed by atoms with Crippen molar-refractivity contribution in [3.05, 3.63) is 28.2 Å². The van der Waals surface area contributed by atoms with Crippen LogP contribution in [0, 0.1) is 0 Å². The Balaban J connectivity index is 2.13. The van der Waals surface area contributed by atoms with Gasteiger partial charge in [0.2, 0.25) is 0 Å². The van der Waals surface area contributed by atoms with Crippen LogP contribution < -0.4 is 4.74 Å². The van der Waals surface area contributed by atoms with Gasteiger partial charge in [0, 0.05) is 18.0 Å². The number of carbonyl (C=O) groups is 1. The molecule has 1 atom stereocenters. The fourth-order valence-corrected chi connectivity index (χ4v) is 2.33. The largest absolute Gasteiger partial charge is 0.479 e. The van der Waals surface area contributed by atoms with E-state index in [-0.39, 0.29) is 0 Å². The molecule has 1 aliphatic rings. The van der Waals surface area contributed by atoms with Crippen molar-refractivity contribution in [2.45, 2.75) is 31.3 Å². The maximum Gasteiger partial charge on any atom is 0.344 e. The number of rotatable bonds is 7. The molecule has 0 aliphatic heterocycles. The molecule has 1 unspecified atom stereocenters. The Morgan fingerprint density at radius 1 is 1.53 bits per heavy atom. The zero-order chi connectivity index (χ0) is 13.8. The number of halogens is 1. The van der Waals surface area contributed by atoms with Crippen LogP contribution in [-0.2, 0) is 9.53 Å². The first-order valence-electron chi connectivity index (χ1n) is 6.29. The minimum absolute atomic E-state index is 0.339. The standard InChI is InChI=1S/C14H17BrO4/c1-18-7-6-13(14(16)17)19-12-5-4-10(15)8-11(12)9-2-3-9/h4-5,8-9,13H,2-3,6-7H2,1H3,(H,16,17). The monoisotopic (exact) mass is 328 g/mol. The van der Waals surface area contributed by atoms with Crippen LogP contribution in [0.3, 0.4) is 0 Å². The van der Waals surface area contributed by atoms with Gasteiger partial charge in [-0.15, -0.1) is 0 Å². The van der Waals surface area contributed by atoms with E-state index in [0.29, 0.717) is 24.7 Å². The van der Waals surface area contributed by atoms with E-state index in [1.165, 1.54) is 0 Å². The molecule has 0 saturated heterocycles. The predicted octanol–water partition coefficient (Wildman–Crippen LogP) is 3.20. The summed E-state index contributed by atoms with van der Waals surface area (Å²) in [7, 11) is 1.55. The van der Waals surface area contributed by atoms with Crippen LogP contribution in [0.2, 0.25) is 0 Å². The van der Waals surface area contributed by atoms with Crippen LogP contribution in [0.4, 0.5) is 0 Å². The van der Waals surface area contributed by atoms with Gasteiger partial charge < -0.3 is 14.6 Å². The molecule has 0 spiro atoms. The summed E-state index contributed by atoms with van der Waals surface area (Å²) in [4.78, 5) is 11.2. The molecule has 0 aromatic heterocycles. The first-order chi connectivity index (χ1) is 9.11. The number of hydrogen-bond donors (Lipinski definition) is 1. The number of carboxylic acid groups (broad SMARTS) is 1. The Kier molecular flexibility index (Phi) is 4.82. The van der Waals surface area contributed by atoms with Crippen molar-refractivity contribution < 1.29 is 19.4 Å². The van der Waals surface area contributed by atoms with E-state index in [9.17, 15) is 9.90 Å². The average Bonchev–Trinajstić information content (AvgIpc) is 3.19. The second kappa shape index (κ2) is 6.39. The molecule has 19 heavy (non-hydrogen) atoms. The molecule has 0 amide bonds. The van der Waals surface area contributed by atoms with Crippen molar-refractivity contribution in [2.75, 3.05) is 13.7 Å². The van der Waals surface area contributed by atoms with Crippen LogP contribution in [0.5, 0.6) is 5.75 Å². The molecule has 1 aromatic carbocycles. The smallest absolute Gasteiger partial charge is 0.344 e. The quantitative estimate of drug-likeness (QED) is 0.835. The summed E-state index contributed by atoms with van der Waals surface area (Å²) in [5.41, 5.74) is 1.10. The zero-order valence-corrected chi connectivity index (χ0v) is 12.4. The maximum absolute atomic E-state index is 11.2. The van der Waals surface area contributed by atoms with Gasteiger partial charge in [0.25, 0.3) is 0 Å². The minimum atomic E-state index is -0.957. The van der Waals surface area contributed by atoms with E-state index in [0.717, 1.165) is 22.9 Å². The highest BCUT2D eigenvalue weighted by Crippen LogP contribution is 2.45. The van der Waals surface area contributed by atoms with Gasteiger partial charge in [0.1, 0.15) is 5.75 Å². The molecule has 104 valence electrons. The van der Waals surface area contributed by atoms with Crippen molar-refractivity contribution in [3.8, 4) is 5.75 Å². The zero-order valence-electron chi connectivity index (χ0n) is 10.8. The Bertz CT molecular complexity index is 457. The molecule has 0 bridgehead atoms. The molecule has 1 fully saturated rings. The van der Waals surface area contributed by atoms with Crippen molar-refractivity contribution in [2.24, 2.45) is 0 Å². The van der Waals surface area contributed by atoms with E-state index < -0.39 is 12.1 Å². The van der Waals surface area contributed by atoms with Gasteiger partial charge in [-0.1, -0.05) is 15.9 Å². The van der Waals surface area contributed by atoms with Gasteiger partial charge in [0.05, 0.1) is 6.61 Å². The Labute approximate surface area is 120 Å². The molecule has 0 heterocycles. The van der Waals surface area contributed by atoms with Crippen molar-refractivity contribution in [1.82, 2.24) is 0 Å². The van der Waals surface area contributed by atoms with E-state index in [1.807, 2.05) is 18.2 Å². The molecule has 0 radical (unpaired) electrons. The molecule has 1 aromatic rings. The molecule has 1 saturated carbocycles. The van der Waals surface area contributed by atoms with Gasteiger partial charge in [0.15, 0.2) is 6.10 Å². The number of methoxy groups -OCH3 is 1. The maximum atomic E-state index is 11.2. The first kappa shape index (κ1) is 14.3. The Morgan fingerprint density at radius 3 is 2.84 bits per heavy atom. The lowest BCUT2D eigenvalue weighted by atomic mass is 10.1. The van der Waals surface area contributed by atoms with Gasteiger partial charge >= 0.3 is 5.97 Å². The normalized spacial score (nSPS) is 16.1.